The van der Waals surface area contributed by atoms with Crippen LogP contribution in [-0.4, -0.2) is 35.7 Å². The van der Waals surface area contributed by atoms with Crippen molar-refractivity contribution < 1.29 is 0 Å². The van der Waals surface area contributed by atoms with E-state index in [1.165, 1.54) is 11.3 Å². The number of rotatable bonds is 4. The summed E-state index contributed by atoms with van der Waals surface area (Å²) in [7, 11) is 4.14. The van der Waals surface area contributed by atoms with Crippen molar-refractivity contribution >= 4 is 24.0 Å². The molecule has 0 spiro atoms. The molecule has 1 rings (SSSR count). The summed E-state index contributed by atoms with van der Waals surface area (Å²) in [4.78, 5) is 2.16. The molecular formula is C7H12N3S2. The van der Waals surface area contributed by atoms with E-state index in [2.05, 4.69) is 29.2 Å². The first kappa shape index (κ1) is 9.83. The third kappa shape index (κ3) is 3.42. The Labute approximate surface area is 82.2 Å². The quantitative estimate of drug-likeness (QED) is 0.742. The van der Waals surface area contributed by atoms with Crippen molar-refractivity contribution in [3.8, 4) is 0 Å². The maximum absolute atomic E-state index is 4.87. The van der Waals surface area contributed by atoms with Gasteiger partial charge < -0.3 is 4.90 Å². The van der Waals surface area contributed by atoms with E-state index in [1.807, 2.05) is 0 Å². The Balaban J connectivity index is 2.24. The van der Waals surface area contributed by atoms with Gasteiger partial charge in [-0.15, -0.1) is 10.2 Å². The molecule has 5 heteroatoms. The third-order valence-corrected chi connectivity index (χ3v) is 2.55. The van der Waals surface area contributed by atoms with Crippen LogP contribution in [0.1, 0.15) is 11.4 Å². The van der Waals surface area contributed by atoms with Crippen LogP contribution in [0.25, 0.3) is 0 Å². The van der Waals surface area contributed by atoms with Gasteiger partial charge in [0.2, 0.25) is 4.34 Å². The largest absolute Gasteiger partial charge is 0.309 e. The smallest absolute Gasteiger partial charge is 0.204 e. The average Bonchev–Trinajstić information content (AvgIpc) is 2.35. The van der Waals surface area contributed by atoms with E-state index in [4.69, 9.17) is 12.6 Å². The normalized spacial score (nSPS) is 10.9. The molecule has 1 aromatic rings. The topological polar surface area (TPSA) is 29.0 Å². The Bertz CT molecular complexity index is 234. The molecule has 0 amide bonds. The summed E-state index contributed by atoms with van der Waals surface area (Å²) in [6, 6.07) is 0. The van der Waals surface area contributed by atoms with Gasteiger partial charge in [-0.05, 0) is 39.7 Å². The zero-order valence-corrected chi connectivity index (χ0v) is 8.91. The standard InChI is InChI=1S/C7H12N3S2/c1-10(2)5-3-4-6-8-9-7(11)12-6/h3-5H2,1-2H3. The lowest BCUT2D eigenvalue weighted by molar-refractivity contribution is 0.400. The monoisotopic (exact) mass is 202 g/mol. The van der Waals surface area contributed by atoms with Crippen molar-refractivity contribution in [2.75, 3.05) is 20.6 Å². The van der Waals surface area contributed by atoms with Gasteiger partial charge in [0.15, 0.2) is 0 Å². The highest BCUT2D eigenvalue weighted by Gasteiger charge is 2.00. The van der Waals surface area contributed by atoms with Crippen LogP contribution in [0.5, 0.6) is 0 Å². The van der Waals surface area contributed by atoms with Gasteiger partial charge in [0, 0.05) is 6.42 Å². The van der Waals surface area contributed by atoms with Crippen LogP contribution in [0.15, 0.2) is 4.34 Å². The van der Waals surface area contributed by atoms with Gasteiger partial charge in [0.1, 0.15) is 5.01 Å². The van der Waals surface area contributed by atoms with Crippen molar-refractivity contribution in [2.45, 2.75) is 17.2 Å². The predicted octanol–water partition coefficient (Wildman–Crippen LogP) is 1.59. The summed E-state index contributed by atoms with van der Waals surface area (Å²) < 4.78 is 0.648. The van der Waals surface area contributed by atoms with Crippen LogP contribution in [0, 0.1) is 0 Å². The molecule has 0 aromatic carbocycles. The van der Waals surface area contributed by atoms with Crippen LogP contribution >= 0.6 is 24.0 Å². The third-order valence-electron chi connectivity index (χ3n) is 1.44. The molecular weight excluding hydrogens is 190 g/mol. The van der Waals surface area contributed by atoms with Gasteiger partial charge >= 0.3 is 0 Å². The molecule has 0 bridgehead atoms. The maximum atomic E-state index is 4.87. The zero-order valence-electron chi connectivity index (χ0n) is 7.28. The molecule has 12 heavy (non-hydrogen) atoms. The van der Waals surface area contributed by atoms with E-state index < -0.39 is 0 Å². The van der Waals surface area contributed by atoms with Crippen molar-refractivity contribution in [1.82, 2.24) is 15.1 Å². The van der Waals surface area contributed by atoms with Crippen LogP contribution in [0.4, 0.5) is 0 Å². The first-order chi connectivity index (χ1) is 5.68. The lowest BCUT2D eigenvalue weighted by Gasteiger charge is -2.06. The van der Waals surface area contributed by atoms with Crippen LogP contribution in [0.2, 0.25) is 0 Å². The van der Waals surface area contributed by atoms with Crippen LogP contribution in [0.3, 0.4) is 0 Å². The Kier molecular flexibility index (Phi) is 3.84. The fraction of sp³-hybridized carbons (Fsp3) is 0.714. The second-order valence-electron chi connectivity index (χ2n) is 2.87. The highest BCUT2D eigenvalue weighted by molar-refractivity contribution is 7.82. The summed E-state index contributed by atoms with van der Waals surface area (Å²) >= 11 is 6.38. The first-order valence-corrected chi connectivity index (χ1v) is 5.05. The Morgan fingerprint density at radius 2 is 2.17 bits per heavy atom. The van der Waals surface area contributed by atoms with Gasteiger partial charge in [-0.3, -0.25) is 0 Å². The number of aryl methyl sites for hydroxylation is 1. The average molecular weight is 202 g/mol. The van der Waals surface area contributed by atoms with E-state index >= 15 is 0 Å². The van der Waals surface area contributed by atoms with Gasteiger partial charge in [0.05, 0.1) is 0 Å². The minimum Gasteiger partial charge on any atom is -0.309 e. The van der Waals surface area contributed by atoms with Gasteiger partial charge in [0.25, 0.3) is 0 Å². The Morgan fingerprint density at radius 1 is 1.42 bits per heavy atom. The molecule has 0 aliphatic heterocycles. The number of hydrogen-bond donors (Lipinski definition) is 0. The summed E-state index contributed by atoms with van der Waals surface area (Å²) in [5, 5.41) is 8.80. The van der Waals surface area contributed by atoms with E-state index in [0.717, 1.165) is 24.4 Å². The maximum Gasteiger partial charge on any atom is 0.204 e. The minimum atomic E-state index is 0.648. The molecule has 0 unspecified atom stereocenters. The van der Waals surface area contributed by atoms with Crippen LogP contribution in [-0.2, 0) is 6.42 Å². The second-order valence-corrected chi connectivity index (χ2v) is 4.58. The van der Waals surface area contributed by atoms with E-state index in [-0.39, 0.29) is 0 Å². The highest BCUT2D eigenvalue weighted by atomic mass is 32.2. The molecule has 0 saturated carbocycles. The summed E-state index contributed by atoms with van der Waals surface area (Å²) in [5.41, 5.74) is 0. The first-order valence-electron chi connectivity index (χ1n) is 3.82. The number of nitrogens with zero attached hydrogens (tertiary/aromatic N) is 3. The molecule has 3 nitrogen and oxygen atoms in total. The molecule has 0 aliphatic rings. The fourth-order valence-electron chi connectivity index (χ4n) is 0.886. The highest BCUT2D eigenvalue weighted by Crippen LogP contribution is 2.14. The molecule has 0 N–H and O–H groups in total. The van der Waals surface area contributed by atoms with E-state index in [1.54, 1.807) is 0 Å². The Morgan fingerprint density at radius 3 is 2.67 bits per heavy atom. The van der Waals surface area contributed by atoms with E-state index in [9.17, 15) is 0 Å². The molecule has 0 fully saturated rings. The lowest BCUT2D eigenvalue weighted by Crippen LogP contribution is -2.13. The zero-order chi connectivity index (χ0) is 8.97. The number of aromatic nitrogens is 2. The van der Waals surface area contributed by atoms with Crippen molar-refractivity contribution in [3.63, 3.8) is 0 Å². The summed E-state index contributed by atoms with van der Waals surface area (Å²) in [6.45, 7) is 1.09. The molecule has 1 heterocycles. The van der Waals surface area contributed by atoms with E-state index in [0.29, 0.717) is 4.34 Å². The predicted molar refractivity (Wildman–Crippen MR) is 52.6 cm³/mol. The molecule has 1 aromatic heterocycles. The summed E-state index contributed by atoms with van der Waals surface area (Å²) in [5.74, 6) is 0. The molecule has 0 aliphatic carbocycles. The molecule has 0 saturated heterocycles. The minimum absolute atomic E-state index is 0.648. The van der Waals surface area contributed by atoms with Gasteiger partial charge in [-0.1, -0.05) is 11.3 Å². The Hall–Kier alpha value is -0.260. The number of hydrogen-bond acceptors (Lipinski definition) is 4. The van der Waals surface area contributed by atoms with Crippen molar-refractivity contribution in [1.29, 1.82) is 0 Å². The lowest BCUT2D eigenvalue weighted by atomic mass is 10.3. The van der Waals surface area contributed by atoms with Crippen molar-refractivity contribution in [3.05, 3.63) is 5.01 Å². The molecule has 0 atom stereocenters. The molecule has 1 radical (unpaired) electrons. The fourth-order valence-corrected chi connectivity index (χ4v) is 1.83. The second kappa shape index (κ2) is 4.69. The SMILES string of the molecule is CN(C)CCCc1nnc([S])s1. The van der Waals surface area contributed by atoms with Gasteiger partial charge in [-0.2, -0.15) is 0 Å². The van der Waals surface area contributed by atoms with Crippen molar-refractivity contribution in [2.24, 2.45) is 0 Å². The molecule has 67 valence electrons. The van der Waals surface area contributed by atoms with Crippen LogP contribution < -0.4 is 0 Å². The summed E-state index contributed by atoms with van der Waals surface area (Å²) in [6.07, 6.45) is 2.11. The van der Waals surface area contributed by atoms with Gasteiger partial charge in [-0.25, -0.2) is 0 Å².